The molecule has 1 N–H and O–H groups in total. The van der Waals surface area contributed by atoms with Crippen LogP contribution >= 0.6 is 11.6 Å². The van der Waals surface area contributed by atoms with Gasteiger partial charge in [-0.1, -0.05) is 11.6 Å². The summed E-state index contributed by atoms with van der Waals surface area (Å²) in [6.45, 7) is 5.47. The molecule has 0 atom stereocenters. The van der Waals surface area contributed by atoms with Gasteiger partial charge in [-0.25, -0.2) is 19.2 Å². The summed E-state index contributed by atoms with van der Waals surface area (Å²) in [5.41, 5.74) is 0.467. The fourth-order valence-electron chi connectivity index (χ4n) is 3.39. The van der Waals surface area contributed by atoms with Crippen molar-refractivity contribution in [2.45, 2.75) is 0 Å². The van der Waals surface area contributed by atoms with Gasteiger partial charge < -0.3 is 24.8 Å². The van der Waals surface area contributed by atoms with E-state index in [1.165, 1.54) is 18.2 Å². The molecule has 3 heterocycles. The smallest absolute Gasteiger partial charge is 0.321 e. The molecule has 4 rings (SSSR count). The molecular formula is C19H22ClFN6O2. The summed E-state index contributed by atoms with van der Waals surface area (Å²) in [5.74, 6) is 1.23. The van der Waals surface area contributed by atoms with Gasteiger partial charge in [-0.2, -0.15) is 0 Å². The summed E-state index contributed by atoms with van der Waals surface area (Å²) in [6, 6.07) is 5.88. The lowest BCUT2D eigenvalue weighted by Gasteiger charge is -2.36. The Morgan fingerprint density at radius 3 is 2.31 bits per heavy atom. The molecule has 29 heavy (non-hydrogen) atoms. The molecule has 0 aliphatic carbocycles. The lowest BCUT2D eigenvalue weighted by molar-refractivity contribution is 0.122. The molecule has 154 valence electrons. The average Bonchev–Trinajstić information content (AvgIpc) is 2.77. The molecule has 0 saturated carbocycles. The van der Waals surface area contributed by atoms with Crippen LogP contribution in [0.3, 0.4) is 0 Å². The maximum Gasteiger partial charge on any atom is 0.321 e. The molecule has 2 fully saturated rings. The third-order valence-electron chi connectivity index (χ3n) is 5.04. The number of carbonyl (C=O) groups excluding carboxylic acids is 1. The van der Waals surface area contributed by atoms with Crippen molar-refractivity contribution in [2.24, 2.45) is 0 Å². The van der Waals surface area contributed by atoms with Gasteiger partial charge in [0.1, 0.15) is 23.8 Å². The molecule has 2 aromatic rings. The minimum absolute atomic E-state index is 0.0209. The molecular weight excluding hydrogens is 399 g/mol. The Balaban J connectivity index is 1.34. The SMILES string of the molecule is O=C(Nc1ccc(F)c(Cl)c1)N1CCN(c2cc(N3CCOCC3)ncn2)CC1. The Bertz CT molecular complexity index is 872. The highest BCUT2D eigenvalue weighted by Gasteiger charge is 2.23. The Morgan fingerprint density at radius 2 is 1.66 bits per heavy atom. The van der Waals surface area contributed by atoms with Crippen LogP contribution in [-0.4, -0.2) is 73.4 Å². The number of hydrogen-bond donors (Lipinski definition) is 1. The molecule has 2 aliphatic heterocycles. The van der Waals surface area contributed by atoms with Crippen LogP contribution in [0, 0.1) is 5.82 Å². The highest BCUT2D eigenvalue weighted by atomic mass is 35.5. The molecule has 2 saturated heterocycles. The summed E-state index contributed by atoms with van der Waals surface area (Å²) in [4.78, 5) is 27.3. The number of aromatic nitrogens is 2. The van der Waals surface area contributed by atoms with Crippen molar-refractivity contribution >= 4 is 35.0 Å². The number of benzene rings is 1. The zero-order chi connectivity index (χ0) is 20.2. The topological polar surface area (TPSA) is 73.8 Å². The highest BCUT2D eigenvalue weighted by Crippen LogP contribution is 2.22. The number of halogens is 2. The Labute approximate surface area is 173 Å². The number of anilines is 3. The van der Waals surface area contributed by atoms with Crippen molar-refractivity contribution in [1.82, 2.24) is 14.9 Å². The highest BCUT2D eigenvalue weighted by molar-refractivity contribution is 6.31. The number of urea groups is 1. The zero-order valence-electron chi connectivity index (χ0n) is 15.9. The van der Waals surface area contributed by atoms with E-state index in [4.69, 9.17) is 16.3 Å². The molecule has 0 unspecified atom stereocenters. The van der Waals surface area contributed by atoms with E-state index < -0.39 is 5.82 Å². The minimum atomic E-state index is -0.514. The fourth-order valence-corrected chi connectivity index (χ4v) is 3.57. The van der Waals surface area contributed by atoms with E-state index in [0.717, 1.165) is 24.7 Å². The second kappa shape index (κ2) is 8.79. The van der Waals surface area contributed by atoms with Crippen LogP contribution in [0.4, 0.5) is 26.5 Å². The number of hydrogen-bond acceptors (Lipinski definition) is 6. The Hall–Kier alpha value is -2.65. The Morgan fingerprint density at radius 1 is 1.00 bits per heavy atom. The number of piperazine rings is 1. The number of morpholine rings is 1. The van der Waals surface area contributed by atoms with Gasteiger partial charge in [0.25, 0.3) is 0 Å². The van der Waals surface area contributed by atoms with Crippen LogP contribution < -0.4 is 15.1 Å². The molecule has 2 aliphatic rings. The molecule has 0 spiro atoms. The second-order valence-corrected chi connectivity index (χ2v) is 7.27. The normalized spacial score (nSPS) is 17.4. The van der Waals surface area contributed by atoms with E-state index in [9.17, 15) is 9.18 Å². The number of amides is 2. The van der Waals surface area contributed by atoms with Crippen LogP contribution in [0.25, 0.3) is 0 Å². The third kappa shape index (κ3) is 4.68. The first-order valence-electron chi connectivity index (χ1n) is 9.51. The molecule has 1 aromatic carbocycles. The summed E-state index contributed by atoms with van der Waals surface area (Å²) in [6.07, 6.45) is 1.58. The van der Waals surface area contributed by atoms with Gasteiger partial charge in [-0.05, 0) is 18.2 Å². The van der Waals surface area contributed by atoms with E-state index in [1.54, 1.807) is 11.2 Å². The quantitative estimate of drug-likeness (QED) is 0.822. The van der Waals surface area contributed by atoms with Crippen molar-refractivity contribution in [3.05, 3.63) is 41.4 Å². The minimum Gasteiger partial charge on any atom is -0.378 e. The summed E-state index contributed by atoms with van der Waals surface area (Å²) >= 11 is 5.77. The first-order valence-corrected chi connectivity index (χ1v) is 9.88. The summed E-state index contributed by atoms with van der Waals surface area (Å²) < 4.78 is 18.7. The van der Waals surface area contributed by atoms with Crippen molar-refractivity contribution in [3.8, 4) is 0 Å². The molecule has 0 bridgehead atoms. The van der Waals surface area contributed by atoms with Crippen molar-refractivity contribution in [1.29, 1.82) is 0 Å². The molecule has 10 heteroatoms. The number of nitrogens with one attached hydrogen (secondary N) is 1. The zero-order valence-corrected chi connectivity index (χ0v) is 16.6. The van der Waals surface area contributed by atoms with E-state index in [0.29, 0.717) is 45.1 Å². The lowest BCUT2D eigenvalue weighted by Crippen LogP contribution is -2.50. The van der Waals surface area contributed by atoms with E-state index in [-0.39, 0.29) is 11.1 Å². The van der Waals surface area contributed by atoms with Crippen LogP contribution in [-0.2, 0) is 4.74 Å². The maximum absolute atomic E-state index is 13.3. The predicted molar refractivity (Wildman–Crippen MR) is 109 cm³/mol. The largest absolute Gasteiger partial charge is 0.378 e. The van der Waals surface area contributed by atoms with Gasteiger partial charge in [0.05, 0.1) is 18.2 Å². The molecule has 0 radical (unpaired) electrons. The van der Waals surface area contributed by atoms with Gasteiger partial charge in [0.15, 0.2) is 0 Å². The van der Waals surface area contributed by atoms with Crippen LogP contribution in [0.5, 0.6) is 0 Å². The number of ether oxygens (including phenoxy) is 1. The van der Waals surface area contributed by atoms with Gasteiger partial charge in [-0.3, -0.25) is 0 Å². The standard InChI is InChI=1S/C19H22ClFN6O2/c20-15-11-14(1-2-16(15)21)24-19(28)27-5-3-25(4-6-27)17-12-18(23-13-22-17)26-7-9-29-10-8-26/h1-2,11-13H,3-10H2,(H,24,28). The first-order chi connectivity index (χ1) is 14.1. The van der Waals surface area contributed by atoms with Gasteiger partial charge >= 0.3 is 6.03 Å². The van der Waals surface area contributed by atoms with Gasteiger partial charge in [-0.15, -0.1) is 0 Å². The van der Waals surface area contributed by atoms with Gasteiger partial charge in [0.2, 0.25) is 0 Å². The summed E-state index contributed by atoms with van der Waals surface area (Å²) in [7, 11) is 0. The molecule has 2 amide bonds. The Kier molecular flexibility index (Phi) is 5.96. The van der Waals surface area contributed by atoms with E-state index in [1.807, 2.05) is 6.07 Å². The van der Waals surface area contributed by atoms with E-state index in [2.05, 4.69) is 25.1 Å². The molecule has 8 nitrogen and oxygen atoms in total. The average molecular weight is 421 g/mol. The van der Waals surface area contributed by atoms with Crippen molar-refractivity contribution < 1.29 is 13.9 Å². The first kappa shape index (κ1) is 19.7. The number of carbonyl (C=O) groups is 1. The fraction of sp³-hybridized carbons (Fsp3) is 0.421. The second-order valence-electron chi connectivity index (χ2n) is 6.87. The van der Waals surface area contributed by atoms with Gasteiger partial charge in [0, 0.05) is 51.0 Å². The number of rotatable bonds is 3. The van der Waals surface area contributed by atoms with Crippen LogP contribution in [0.2, 0.25) is 5.02 Å². The maximum atomic E-state index is 13.3. The predicted octanol–water partition coefficient (Wildman–Crippen LogP) is 2.46. The van der Waals surface area contributed by atoms with Crippen molar-refractivity contribution in [2.75, 3.05) is 67.6 Å². The molecule has 1 aromatic heterocycles. The summed E-state index contributed by atoms with van der Waals surface area (Å²) in [5, 5.41) is 2.74. The van der Waals surface area contributed by atoms with Crippen molar-refractivity contribution in [3.63, 3.8) is 0 Å². The van der Waals surface area contributed by atoms with Crippen LogP contribution in [0.15, 0.2) is 30.6 Å². The number of nitrogens with zero attached hydrogens (tertiary/aromatic N) is 5. The van der Waals surface area contributed by atoms with Crippen LogP contribution in [0.1, 0.15) is 0 Å². The van der Waals surface area contributed by atoms with E-state index >= 15 is 0 Å². The third-order valence-corrected chi connectivity index (χ3v) is 5.32. The lowest BCUT2D eigenvalue weighted by atomic mass is 10.3. The monoisotopic (exact) mass is 420 g/mol.